The average molecular weight is 545 g/mol. The number of hydrogen-bond donors (Lipinski definition) is 0. The van der Waals surface area contributed by atoms with E-state index in [9.17, 15) is 14.4 Å². The zero-order valence-electron chi connectivity index (χ0n) is 21.8. The Morgan fingerprint density at radius 2 is 2.00 bits per heavy atom. The van der Waals surface area contributed by atoms with Crippen LogP contribution in [0.2, 0.25) is 0 Å². The number of esters is 1. The molecule has 39 heavy (non-hydrogen) atoms. The van der Waals surface area contributed by atoms with Crippen LogP contribution in [0.4, 0.5) is 5.13 Å². The van der Waals surface area contributed by atoms with Crippen molar-refractivity contribution < 1.29 is 23.5 Å². The minimum atomic E-state index is -0.824. The van der Waals surface area contributed by atoms with Crippen molar-refractivity contribution in [3.05, 3.63) is 98.9 Å². The van der Waals surface area contributed by atoms with E-state index in [0.29, 0.717) is 34.6 Å². The van der Waals surface area contributed by atoms with E-state index in [1.54, 1.807) is 31.2 Å². The molecule has 0 fully saturated rings. The minimum Gasteiger partial charge on any atom is -0.494 e. The predicted molar refractivity (Wildman–Crippen MR) is 150 cm³/mol. The van der Waals surface area contributed by atoms with Crippen molar-refractivity contribution in [1.29, 1.82) is 0 Å². The van der Waals surface area contributed by atoms with Gasteiger partial charge >= 0.3 is 5.97 Å². The van der Waals surface area contributed by atoms with E-state index in [1.807, 2.05) is 24.3 Å². The van der Waals surface area contributed by atoms with Crippen LogP contribution in [-0.2, 0) is 4.74 Å². The number of hydrogen-bond acceptors (Lipinski definition) is 8. The van der Waals surface area contributed by atoms with Gasteiger partial charge in [-0.15, -0.1) is 0 Å². The van der Waals surface area contributed by atoms with Crippen molar-refractivity contribution in [2.24, 2.45) is 0 Å². The summed E-state index contributed by atoms with van der Waals surface area (Å²) in [7, 11) is 0. The van der Waals surface area contributed by atoms with E-state index in [4.69, 9.17) is 13.9 Å². The van der Waals surface area contributed by atoms with Crippen molar-refractivity contribution in [2.75, 3.05) is 18.1 Å². The molecule has 1 atom stereocenters. The van der Waals surface area contributed by atoms with E-state index in [0.717, 1.165) is 30.6 Å². The van der Waals surface area contributed by atoms with Crippen molar-refractivity contribution >= 4 is 39.3 Å². The van der Waals surface area contributed by atoms with Gasteiger partial charge in [0.2, 0.25) is 5.76 Å². The van der Waals surface area contributed by atoms with Gasteiger partial charge in [-0.2, -0.15) is 0 Å². The van der Waals surface area contributed by atoms with E-state index >= 15 is 0 Å². The molecule has 5 rings (SSSR count). The summed E-state index contributed by atoms with van der Waals surface area (Å²) < 4.78 is 17.2. The summed E-state index contributed by atoms with van der Waals surface area (Å²) in [4.78, 5) is 46.5. The molecule has 1 unspecified atom stereocenters. The maximum atomic E-state index is 13.9. The first-order valence-corrected chi connectivity index (χ1v) is 13.6. The van der Waals surface area contributed by atoms with Crippen LogP contribution < -0.4 is 15.1 Å². The highest BCUT2D eigenvalue weighted by Crippen LogP contribution is 2.43. The molecule has 2 aromatic carbocycles. The molecule has 8 nitrogen and oxygen atoms in total. The van der Waals surface area contributed by atoms with E-state index in [1.165, 1.54) is 11.0 Å². The number of rotatable bonds is 10. The van der Waals surface area contributed by atoms with Crippen LogP contribution in [0.3, 0.4) is 0 Å². The standard InChI is InChI=1S/C30H28N2O6S/c1-4-6-9-16-36-20-12-10-11-19(17-20)24-23-25(33)21-13-7-8-14-22(21)38-26(23)28(34)32(24)30-31-18(3)27(39-30)29(35)37-15-5-2/h5,7-8,10-14,17,24H,2,4,6,9,15-16H2,1,3H3. The number of fused-ring (bicyclic) bond motifs is 2. The molecule has 0 aliphatic carbocycles. The Labute approximate surface area is 229 Å². The minimum absolute atomic E-state index is 0.0402. The Morgan fingerprint density at radius 3 is 2.79 bits per heavy atom. The number of anilines is 1. The molecular weight excluding hydrogens is 516 g/mol. The maximum Gasteiger partial charge on any atom is 0.350 e. The fraction of sp³-hybridized carbons (Fsp3) is 0.267. The molecule has 0 N–H and O–H groups in total. The molecule has 0 bridgehead atoms. The molecule has 0 spiro atoms. The predicted octanol–water partition coefficient (Wildman–Crippen LogP) is 6.22. The molecule has 200 valence electrons. The maximum absolute atomic E-state index is 13.9. The zero-order valence-corrected chi connectivity index (χ0v) is 22.6. The molecule has 1 aliphatic rings. The van der Waals surface area contributed by atoms with E-state index in [2.05, 4.69) is 18.5 Å². The molecule has 0 radical (unpaired) electrons. The Hall–Kier alpha value is -4.24. The summed E-state index contributed by atoms with van der Waals surface area (Å²) >= 11 is 1.03. The highest BCUT2D eigenvalue weighted by Gasteiger charge is 2.45. The van der Waals surface area contributed by atoms with Gasteiger partial charge in [0.1, 0.15) is 22.8 Å². The van der Waals surface area contributed by atoms with Gasteiger partial charge in [0.15, 0.2) is 10.6 Å². The Kier molecular flexibility index (Phi) is 7.60. The summed E-state index contributed by atoms with van der Waals surface area (Å²) in [5, 5.41) is 0.643. The number of aryl methyl sites for hydroxylation is 1. The van der Waals surface area contributed by atoms with Gasteiger partial charge in [0, 0.05) is 0 Å². The second kappa shape index (κ2) is 11.2. The van der Waals surface area contributed by atoms with Gasteiger partial charge in [-0.3, -0.25) is 14.5 Å². The molecule has 1 aliphatic heterocycles. The number of thiazole rings is 1. The van der Waals surface area contributed by atoms with Gasteiger partial charge in [0.05, 0.1) is 29.3 Å². The van der Waals surface area contributed by atoms with Crippen LogP contribution in [0.1, 0.15) is 69.3 Å². The third kappa shape index (κ3) is 4.97. The van der Waals surface area contributed by atoms with Crippen molar-refractivity contribution in [3.8, 4) is 5.75 Å². The number of aromatic nitrogens is 1. The molecule has 0 saturated heterocycles. The summed E-state index contributed by atoms with van der Waals surface area (Å²) in [6.45, 7) is 7.99. The van der Waals surface area contributed by atoms with Gasteiger partial charge in [-0.1, -0.05) is 68.0 Å². The van der Waals surface area contributed by atoms with Crippen molar-refractivity contribution in [1.82, 2.24) is 4.98 Å². The van der Waals surface area contributed by atoms with Crippen molar-refractivity contribution in [2.45, 2.75) is 39.2 Å². The molecule has 2 aromatic heterocycles. The van der Waals surface area contributed by atoms with Gasteiger partial charge < -0.3 is 13.9 Å². The normalized spacial score (nSPS) is 14.5. The Balaban J connectivity index is 1.63. The number of unbranched alkanes of at least 4 members (excludes halogenated alkanes) is 2. The molecule has 3 heterocycles. The van der Waals surface area contributed by atoms with Crippen LogP contribution in [0.15, 0.2) is 70.4 Å². The SMILES string of the molecule is C=CCOC(=O)c1sc(N2C(=O)c3oc4ccccc4c(=O)c3C2c2cccc(OCCCCC)c2)nc1C. The highest BCUT2D eigenvalue weighted by atomic mass is 32.1. The van der Waals surface area contributed by atoms with E-state index < -0.39 is 17.9 Å². The van der Waals surface area contributed by atoms with Crippen LogP contribution in [0.5, 0.6) is 5.75 Å². The summed E-state index contributed by atoms with van der Waals surface area (Å²) in [5.41, 5.74) is 1.35. The lowest BCUT2D eigenvalue weighted by Gasteiger charge is -2.23. The van der Waals surface area contributed by atoms with Crippen molar-refractivity contribution in [3.63, 3.8) is 0 Å². The molecule has 4 aromatic rings. The molecule has 9 heteroatoms. The van der Waals surface area contributed by atoms with Crippen LogP contribution in [0, 0.1) is 6.92 Å². The summed E-state index contributed by atoms with van der Waals surface area (Å²) in [5.74, 6) is -0.466. The topological polar surface area (TPSA) is 98.9 Å². The lowest BCUT2D eigenvalue weighted by molar-refractivity contribution is 0.0554. The number of nitrogens with zero attached hydrogens (tertiary/aromatic N) is 2. The fourth-order valence-electron chi connectivity index (χ4n) is 4.62. The third-order valence-electron chi connectivity index (χ3n) is 6.48. The largest absolute Gasteiger partial charge is 0.494 e. The number of ether oxygens (including phenoxy) is 2. The molecule has 1 amide bonds. The number of para-hydroxylation sites is 1. The third-order valence-corrected chi connectivity index (χ3v) is 7.61. The smallest absolute Gasteiger partial charge is 0.350 e. The van der Waals surface area contributed by atoms with Gasteiger partial charge in [-0.05, 0) is 43.2 Å². The van der Waals surface area contributed by atoms with Crippen LogP contribution >= 0.6 is 11.3 Å². The first-order chi connectivity index (χ1) is 18.9. The van der Waals surface area contributed by atoms with E-state index in [-0.39, 0.29) is 33.4 Å². The quantitative estimate of drug-likeness (QED) is 0.133. The lowest BCUT2D eigenvalue weighted by Crippen LogP contribution is -2.29. The van der Waals surface area contributed by atoms with Crippen LogP contribution in [-0.4, -0.2) is 30.1 Å². The van der Waals surface area contributed by atoms with Gasteiger partial charge in [-0.25, -0.2) is 9.78 Å². The monoisotopic (exact) mass is 544 g/mol. The molecular formula is C30H28N2O6S. The molecule has 0 saturated carbocycles. The fourth-order valence-corrected chi connectivity index (χ4v) is 5.61. The average Bonchev–Trinajstić information content (AvgIpc) is 3.47. The Bertz CT molecular complexity index is 1620. The second-order valence-corrected chi connectivity index (χ2v) is 10.2. The lowest BCUT2D eigenvalue weighted by atomic mass is 9.98. The summed E-state index contributed by atoms with van der Waals surface area (Å²) in [6.07, 6.45) is 4.55. The number of amides is 1. The number of benzene rings is 2. The first-order valence-electron chi connectivity index (χ1n) is 12.8. The van der Waals surface area contributed by atoms with Gasteiger partial charge in [0.25, 0.3) is 5.91 Å². The zero-order chi connectivity index (χ0) is 27.5. The van der Waals surface area contributed by atoms with Crippen LogP contribution in [0.25, 0.3) is 11.0 Å². The number of carbonyl (C=O) groups is 2. The Morgan fingerprint density at radius 1 is 1.18 bits per heavy atom. The second-order valence-electron chi connectivity index (χ2n) is 9.17. The first kappa shape index (κ1) is 26.4. The highest BCUT2D eigenvalue weighted by molar-refractivity contribution is 7.17. The number of carbonyl (C=O) groups excluding carboxylic acids is 2. The summed E-state index contributed by atoms with van der Waals surface area (Å²) in [6, 6.07) is 13.4.